The first-order valence-electron chi connectivity index (χ1n) is 11.2. The molecular formula is C26H30O4. The Bertz CT molecular complexity index is 962. The fraction of sp³-hybridized carbons (Fsp3) is 0.577. The van der Waals surface area contributed by atoms with Crippen LogP contribution >= 0.6 is 0 Å². The minimum absolute atomic E-state index is 0.00336. The molecule has 4 nitrogen and oxygen atoms in total. The molecule has 2 heterocycles. The summed E-state index contributed by atoms with van der Waals surface area (Å²) >= 11 is 0. The van der Waals surface area contributed by atoms with Crippen LogP contribution in [0.1, 0.15) is 47.0 Å². The molecule has 0 aromatic rings. The Balaban J connectivity index is 1.46. The van der Waals surface area contributed by atoms with Gasteiger partial charge in [-0.05, 0) is 60.5 Å². The summed E-state index contributed by atoms with van der Waals surface area (Å²) in [7, 11) is 0. The lowest BCUT2D eigenvalue weighted by Crippen LogP contribution is -2.52. The monoisotopic (exact) mass is 406 g/mol. The van der Waals surface area contributed by atoms with Crippen molar-refractivity contribution in [1.82, 2.24) is 0 Å². The molecule has 2 aliphatic heterocycles. The molecule has 0 spiro atoms. The average Bonchev–Trinajstić information content (AvgIpc) is 3.22. The van der Waals surface area contributed by atoms with Gasteiger partial charge in [0.25, 0.3) is 0 Å². The molecule has 0 unspecified atom stereocenters. The van der Waals surface area contributed by atoms with Gasteiger partial charge in [-0.2, -0.15) is 0 Å². The molecule has 0 amide bonds. The normalized spacial score (nSPS) is 44.2. The number of ether oxygens (including phenoxy) is 1. The summed E-state index contributed by atoms with van der Waals surface area (Å²) in [5.41, 5.74) is 2.01. The Morgan fingerprint density at radius 3 is 2.43 bits per heavy atom. The second-order valence-corrected chi connectivity index (χ2v) is 10.8. The van der Waals surface area contributed by atoms with E-state index in [1.807, 2.05) is 12.2 Å². The van der Waals surface area contributed by atoms with Crippen LogP contribution in [0.4, 0.5) is 0 Å². The van der Waals surface area contributed by atoms with Crippen molar-refractivity contribution in [2.75, 3.05) is 0 Å². The second kappa shape index (κ2) is 6.46. The first-order valence-corrected chi connectivity index (χ1v) is 11.2. The maximum atomic E-state index is 13.0. The molecule has 1 saturated heterocycles. The van der Waals surface area contributed by atoms with Gasteiger partial charge < -0.3 is 4.74 Å². The van der Waals surface area contributed by atoms with Crippen molar-refractivity contribution >= 4 is 17.3 Å². The predicted octanol–water partition coefficient (Wildman–Crippen LogP) is 4.17. The fourth-order valence-corrected chi connectivity index (χ4v) is 7.29. The Morgan fingerprint density at radius 2 is 1.70 bits per heavy atom. The zero-order valence-electron chi connectivity index (χ0n) is 18.2. The van der Waals surface area contributed by atoms with Crippen molar-refractivity contribution in [2.45, 2.75) is 59.2 Å². The van der Waals surface area contributed by atoms with Gasteiger partial charge in [-0.25, -0.2) is 0 Å². The molecule has 158 valence electrons. The minimum atomic E-state index is -0.390. The van der Waals surface area contributed by atoms with E-state index < -0.39 is 5.92 Å². The highest BCUT2D eigenvalue weighted by Crippen LogP contribution is 2.59. The van der Waals surface area contributed by atoms with E-state index >= 15 is 0 Å². The maximum absolute atomic E-state index is 13.0. The van der Waals surface area contributed by atoms with Crippen LogP contribution in [0, 0.1) is 34.5 Å². The van der Waals surface area contributed by atoms with Gasteiger partial charge in [0.15, 0.2) is 17.3 Å². The number of hydrogen-bond acceptors (Lipinski definition) is 4. The standard InChI is InChI=1S/C26H30O4/c1-14-12-19(29)24-25(2,3)10-5-11-26(24,4)16(14)7-6-15-13-20-21-17(27)8-9-18(28)22(21)23(15)30-20/h6-9,12-13,16,20-24H,5,10-11H2,1-4H3/b7-6+/t16-,20+,21-,22-,23+,24-,26+/m0/s1. The van der Waals surface area contributed by atoms with Gasteiger partial charge in [0.2, 0.25) is 0 Å². The number of hydrogen-bond donors (Lipinski definition) is 0. The third-order valence-electron chi connectivity index (χ3n) is 8.44. The first-order chi connectivity index (χ1) is 14.1. The lowest BCUT2D eigenvalue weighted by Gasteiger charge is -2.55. The molecule has 30 heavy (non-hydrogen) atoms. The minimum Gasteiger partial charge on any atom is -0.365 e. The molecule has 4 heteroatoms. The molecule has 0 aromatic heterocycles. The Hall–Kier alpha value is -2.07. The van der Waals surface area contributed by atoms with Gasteiger partial charge in [-0.15, -0.1) is 0 Å². The first kappa shape index (κ1) is 19.9. The van der Waals surface area contributed by atoms with Crippen molar-refractivity contribution in [3.63, 3.8) is 0 Å². The Labute approximate surface area is 178 Å². The van der Waals surface area contributed by atoms with Crippen LogP contribution in [0.2, 0.25) is 0 Å². The van der Waals surface area contributed by atoms with Crippen LogP contribution in [0.5, 0.6) is 0 Å². The van der Waals surface area contributed by atoms with Crippen molar-refractivity contribution in [3.05, 3.63) is 47.6 Å². The highest BCUT2D eigenvalue weighted by Gasteiger charge is 2.56. The summed E-state index contributed by atoms with van der Waals surface area (Å²) in [5.74, 6) is -0.290. The van der Waals surface area contributed by atoms with Crippen molar-refractivity contribution < 1.29 is 19.1 Å². The third kappa shape index (κ3) is 2.65. The number of allylic oxidation sites excluding steroid dienone is 5. The smallest absolute Gasteiger partial charge is 0.162 e. The summed E-state index contributed by atoms with van der Waals surface area (Å²) in [6.45, 7) is 8.80. The van der Waals surface area contributed by atoms with Gasteiger partial charge in [0, 0.05) is 11.8 Å². The molecular weight excluding hydrogens is 376 g/mol. The number of fused-ring (bicyclic) bond motifs is 6. The molecule has 0 N–H and O–H groups in total. The molecule has 2 fully saturated rings. The quantitative estimate of drug-likeness (QED) is 0.691. The van der Waals surface area contributed by atoms with E-state index in [0.717, 1.165) is 30.4 Å². The molecule has 0 radical (unpaired) electrons. The number of rotatable bonds is 2. The lowest BCUT2D eigenvalue weighted by molar-refractivity contribution is -0.135. The van der Waals surface area contributed by atoms with E-state index in [0.29, 0.717) is 0 Å². The van der Waals surface area contributed by atoms with E-state index in [2.05, 4.69) is 39.8 Å². The molecule has 5 aliphatic rings. The van der Waals surface area contributed by atoms with Gasteiger partial charge >= 0.3 is 0 Å². The number of carbonyl (C=O) groups excluding carboxylic acids is 3. The molecule has 1 saturated carbocycles. The van der Waals surface area contributed by atoms with Crippen LogP contribution in [0.25, 0.3) is 0 Å². The van der Waals surface area contributed by atoms with Crippen LogP contribution < -0.4 is 0 Å². The van der Waals surface area contributed by atoms with Crippen molar-refractivity contribution in [1.29, 1.82) is 0 Å². The average molecular weight is 407 g/mol. The van der Waals surface area contributed by atoms with Gasteiger partial charge in [0.05, 0.1) is 24.0 Å². The number of ketones is 3. The van der Waals surface area contributed by atoms with E-state index in [1.165, 1.54) is 12.2 Å². The van der Waals surface area contributed by atoms with Crippen LogP contribution in [-0.2, 0) is 19.1 Å². The summed E-state index contributed by atoms with van der Waals surface area (Å²) < 4.78 is 6.03. The van der Waals surface area contributed by atoms with Crippen LogP contribution in [0.15, 0.2) is 47.6 Å². The Morgan fingerprint density at radius 1 is 1.00 bits per heavy atom. The van der Waals surface area contributed by atoms with Crippen LogP contribution in [-0.4, -0.2) is 29.6 Å². The molecule has 5 rings (SSSR count). The summed E-state index contributed by atoms with van der Waals surface area (Å²) in [5, 5.41) is 0. The lowest BCUT2D eigenvalue weighted by atomic mass is 9.48. The highest BCUT2D eigenvalue weighted by atomic mass is 16.5. The zero-order chi connectivity index (χ0) is 21.4. The molecule has 2 bridgehead atoms. The molecule has 3 aliphatic carbocycles. The van der Waals surface area contributed by atoms with E-state index in [9.17, 15) is 14.4 Å². The molecule has 0 aromatic carbocycles. The highest BCUT2D eigenvalue weighted by molar-refractivity contribution is 6.08. The summed E-state index contributed by atoms with van der Waals surface area (Å²) in [4.78, 5) is 37.7. The second-order valence-electron chi connectivity index (χ2n) is 10.8. The summed E-state index contributed by atoms with van der Waals surface area (Å²) in [6.07, 6.45) is 13.6. The largest absolute Gasteiger partial charge is 0.365 e. The maximum Gasteiger partial charge on any atom is 0.162 e. The van der Waals surface area contributed by atoms with E-state index in [-0.39, 0.29) is 58.1 Å². The van der Waals surface area contributed by atoms with Crippen molar-refractivity contribution in [2.24, 2.45) is 34.5 Å². The fourth-order valence-electron chi connectivity index (χ4n) is 7.29. The predicted molar refractivity (Wildman–Crippen MR) is 114 cm³/mol. The van der Waals surface area contributed by atoms with Gasteiger partial charge in [0.1, 0.15) is 0 Å². The van der Waals surface area contributed by atoms with Crippen LogP contribution in [0.3, 0.4) is 0 Å². The van der Waals surface area contributed by atoms with Crippen molar-refractivity contribution in [3.8, 4) is 0 Å². The van der Waals surface area contributed by atoms with Gasteiger partial charge in [-0.3, -0.25) is 14.4 Å². The zero-order valence-corrected chi connectivity index (χ0v) is 18.2. The summed E-state index contributed by atoms with van der Waals surface area (Å²) in [6, 6.07) is 0. The number of carbonyl (C=O) groups is 3. The molecule has 7 atom stereocenters. The van der Waals surface area contributed by atoms with E-state index in [4.69, 9.17) is 4.74 Å². The SMILES string of the molecule is CC1=CC(=O)[C@H]2C(C)(C)CCC[C@]2(C)[C@H]1/C=C/C1=C[C@H]2O[C@H]1[C@H]1C(=O)C=CC(=O)[C@H]12. The van der Waals surface area contributed by atoms with E-state index in [1.54, 1.807) is 0 Å². The topological polar surface area (TPSA) is 60.4 Å². The third-order valence-corrected chi connectivity index (χ3v) is 8.44. The Kier molecular flexibility index (Phi) is 4.28. The van der Waals surface area contributed by atoms with Gasteiger partial charge in [-0.1, -0.05) is 44.9 Å².